The SMILES string of the molecule is Cc1nc(-c2csc(Cc3cc(S(N)(=O)=O)ccc3OC(C)C)n2)c(C)n1C. The molecule has 2 aromatic heterocycles. The number of nitrogens with zero attached hydrogens (tertiary/aromatic N) is 3. The fourth-order valence-electron chi connectivity index (χ4n) is 2.87. The van der Waals surface area contributed by atoms with Gasteiger partial charge in [-0.1, -0.05) is 0 Å². The van der Waals surface area contributed by atoms with E-state index in [1.54, 1.807) is 12.1 Å². The number of hydrogen-bond acceptors (Lipinski definition) is 6. The molecule has 0 saturated carbocycles. The van der Waals surface area contributed by atoms with Crippen molar-refractivity contribution in [2.24, 2.45) is 12.2 Å². The first-order valence-corrected chi connectivity index (χ1v) is 11.3. The number of benzene rings is 1. The summed E-state index contributed by atoms with van der Waals surface area (Å²) in [4.78, 5) is 9.36. The number of imidazole rings is 1. The van der Waals surface area contributed by atoms with Crippen molar-refractivity contribution in [3.63, 3.8) is 0 Å². The number of rotatable bonds is 6. The lowest BCUT2D eigenvalue weighted by atomic mass is 10.1. The quantitative estimate of drug-likeness (QED) is 0.660. The predicted octanol–water partition coefficient (Wildman–Crippen LogP) is 3.19. The van der Waals surface area contributed by atoms with Gasteiger partial charge in [0.1, 0.15) is 23.0 Å². The monoisotopic (exact) mass is 420 g/mol. The summed E-state index contributed by atoms with van der Waals surface area (Å²) in [6.45, 7) is 7.81. The Morgan fingerprint density at radius 2 is 1.96 bits per heavy atom. The molecule has 7 nitrogen and oxygen atoms in total. The highest BCUT2D eigenvalue weighted by molar-refractivity contribution is 7.89. The van der Waals surface area contributed by atoms with Gasteiger partial charge in [-0.2, -0.15) is 0 Å². The third-order valence-corrected chi connectivity index (χ3v) is 6.22. The molecule has 3 rings (SSSR count). The van der Waals surface area contributed by atoms with Gasteiger partial charge >= 0.3 is 0 Å². The lowest BCUT2D eigenvalue weighted by Crippen LogP contribution is -2.13. The molecule has 0 unspecified atom stereocenters. The van der Waals surface area contributed by atoms with Crippen molar-refractivity contribution in [2.45, 2.75) is 45.1 Å². The van der Waals surface area contributed by atoms with E-state index in [0.717, 1.165) is 33.5 Å². The summed E-state index contributed by atoms with van der Waals surface area (Å²) in [5.74, 6) is 1.56. The molecule has 9 heteroatoms. The molecule has 0 bridgehead atoms. The highest BCUT2D eigenvalue weighted by atomic mass is 32.2. The van der Waals surface area contributed by atoms with Crippen LogP contribution in [0.4, 0.5) is 0 Å². The van der Waals surface area contributed by atoms with Crippen LogP contribution in [-0.4, -0.2) is 29.1 Å². The van der Waals surface area contributed by atoms with E-state index in [0.29, 0.717) is 12.2 Å². The summed E-state index contributed by atoms with van der Waals surface area (Å²) < 4.78 is 31.4. The molecule has 3 aromatic rings. The van der Waals surface area contributed by atoms with Crippen molar-refractivity contribution in [1.82, 2.24) is 14.5 Å². The molecule has 0 atom stereocenters. The maximum absolute atomic E-state index is 11.7. The predicted molar refractivity (Wildman–Crippen MR) is 110 cm³/mol. The number of sulfonamides is 1. The zero-order valence-corrected chi connectivity index (χ0v) is 18.2. The fourth-order valence-corrected chi connectivity index (χ4v) is 4.23. The van der Waals surface area contributed by atoms with Gasteiger partial charge in [0.15, 0.2) is 0 Å². The highest BCUT2D eigenvalue weighted by Crippen LogP contribution is 2.29. The first kappa shape index (κ1) is 20.5. The summed E-state index contributed by atoms with van der Waals surface area (Å²) in [7, 11) is -1.82. The Morgan fingerprint density at radius 1 is 1.25 bits per heavy atom. The molecule has 0 spiro atoms. The van der Waals surface area contributed by atoms with Crippen LogP contribution in [-0.2, 0) is 23.5 Å². The van der Waals surface area contributed by atoms with Crippen molar-refractivity contribution >= 4 is 21.4 Å². The number of aromatic nitrogens is 3. The highest BCUT2D eigenvalue weighted by Gasteiger charge is 2.17. The zero-order chi connectivity index (χ0) is 20.6. The van der Waals surface area contributed by atoms with Gasteiger partial charge < -0.3 is 9.30 Å². The normalized spacial score (nSPS) is 12.0. The van der Waals surface area contributed by atoms with E-state index in [2.05, 4.69) is 4.98 Å². The van der Waals surface area contributed by atoms with Crippen LogP contribution in [0.3, 0.4) is 0 Å². The molecule has 0 aliphatic carbocycles. The minimum atomic E-state index is -3.79. The van der Waals surface area contributed by atoms with Gasteiger partial charge in [0.25, 0.3) is 0 Å². The Kier molecular flexibility index (Phi) is 5.60. The molecule has 0 fully saturated rings. The summed E-state index contributed by atoms with van der Waals surface area (Å²) in [6, 6.07) is 4.67. The van der Waals surface area contributed by atoms with Crippen LogP contribution in [0, 0.1) is 13.8 Å². The Bertz CT molecular complexity index is 1110. The van der Waals surface area contributed by atoms with Crippen molar-refractivity contribution in [2.75, 3.05) is 0 Å². The third-order valence-electron chi connectivity index (χ3n) is 4.46. The number of primary sulfonamides is 1. The molecular weight excluding hydrogens is 396 g/mol. The topological polar surface area (TPSA) is 100 Å². The molecule has 0 aliphatic heterocycles. The molecule has 2 heterocycles. The van der Waals surface area contributed by atoms with E-state index in [9.17, 15) is 8.42 Å². The van der Waals surface area contributed by atoms with Crippen molar-refractivity contribution in [1.29, 1.82) is 0 Å². The second-order valence-electron chi connectivity index (χ2n) is 6.94. The minimum Gasteiger partial charge on any atom is -0.491 e. The molecular formula is C19H24N4O3S2. The van der Waals surface area contributed by atoms with Crippen molar-refractivity contribution in [3.05, 3.63) is 45.7 Å². The lowest BCUT2D eigenvalue weighted by molar-refractivity contribution is 0.240. The Balaban J connectivity index is 1.96. The third kappa shape index (κ3) is 4.26. The molecule has 0 aliphatic rings. The lowest BCUT2D eigenvalue weighted by Gasteiger charge is -2.14. The number of thiazole rings is 1. The molecule has 0 saturated heterocycles. The first-order valence-electron chi connectivity index (χ1n) is 8.83. The van der Waals surface area contributed by atoms with Crippen LogP contribution in [0.2, 0.25) is 0 Å². The Hall–Kier alpha value is -2.23. The van der Waals surface area contributed by atoms with Gasteiger partial charge in [0, 0.05) is 30.1 Å². The molecule has 150 valence electrons. The van der Waals surface area contributed by atoms with Crippen molar-refractivity contribution in [3.8, 4) is 17.1 Å². The molecule has 0 radical (unpaired) electrons. The average molecular weight is 421 g/mol. The number of aryl methyl sites for hydroxylation is 1. The molecule has 0 amide bonds. The molecule has 2 N–H and O–H groups in total. The van der Waals surface area contributed by atoms with Crippen molar-refractivity contribution < 1.29 is 13.2 Å². The van der Waals surface area contributed by atoms with Gasteiger partial charge in [0.05, 0.1) is 16.0 Å². The summed E-state index contributed by atoms with van der Waals surface area (Å²) in [5.41, 5.74) is 3.46. The van der Waals surface area contributed by atoms with E-state index in [1.165, 1.54) is 17.4 Å². The smallest absolute Gasteiger partial charge is 0.238 e. The van der Waals surface area contributed by atoms with E-state index >= 15 is 0 Å². The van der Waals surface area contributed by atoms with Gasteiger partial charge in [-0.05, 0) is 45.9 Å². The Morgan fingerprint density at radius 3 is 2.54 bits per heavy atom. The molecule has 28 heavy (non-hydrogen) atoms. The zero-order valence-electron chi connectivity index (χ0n) is 16.6. The second kappa shape index (κ2) is 7.65. The van der Waals surface area contributed by atoms with E-state index in [4.69, 9.17) is 14.9 Å². The Labute approximate surface area is 169 Å². The maximum Gasteiger partial charge on any atom is 0.238 e. The number of hydrogen-bond donors (Lipinski definition) is 1. The maximum atomic E-state index is 11.7. The van der Waals surface area contributed by atoms with Crippen LogP contribution in [0.1, 0.15) is 35.9 Å². The van der Waals surface area contributed by atoms with Crippen LogP contribution >= 0.6 is 11.3 Å². The van der Waals surface area contributed by atoms with Crippen LogP contribution in [0.25, 0.3) is 11.4 Å². The number of ether oxygens (including phenoxy) is 1. The standard InChI is InChI=1S/C19H24N4O3S2/c1-11(2)26-17-7-6-15(28(20,24)25)8-14(17)9-18-22-16(10-27-18)19-12(3)23(5)13(4)21-19/h6-8,10-11H,9H2,1-5H3,(H2,20,24,25). The summed E-state index contributed by atoms with van der Waals surface area (Å²) >= 11 is 1.51. The van der Waals surface area contributed by atoms with Gasteiger partial charge in [-0.3, -0.25) is 0 Å². The minimum absolute atomic E-state index is 0.0370. The summed E-state index contributed by atoms with van der Waals surface area (Å²) in [6.07, 6.45) is 0.408. The van der Waals surface area contributed by atoms with E-state index in [1.807, 2.05) is 44.7 Å². The fraction of sp³-hybridized carbons (Fsp3) is 0.368. The van der Waals surface area contributed by atoms with Gasteiger partial charge in [-0.25, -0.2) is 23.5 Å². The van der Waals surface area contributed by atoms with Gasteiger partial charge in [0.2, 0.25) is 10.0 Å². The van der Waals surface area contributed by atoms with Crippen LogP contribution in [0.15, 0.2) is 28.5 Å². The second-order valence-corrected chi connectivity index (χ2v) is 9.44. The largest absolute Gasteiger partial charge is 0.491 e. The van der Waals surface area contributed by atoms with E-state index < -0.39 is 10.0 Å². The number of nitrogens with two attached hydrogens (primary N) is 1. The average Bonchev–Trinajstić information content (AvgIpc) is 3.15. The van der Waals surface area contributed by atoms with Gasteiger partial charge in [-0.15, -0.1) is 11.3 Å². The van der Waals surface area contributed by atoms with E-state index in [-0.39, 0.29) is 11.0 Å². The van der Waals surface area contributed by atoms with Crippen LogP contribution < -0.4 is 9.88 Å². The molecule has 1 aromatic carbocycles. The van der Waals surface area contributed by atoms with Crippen LogP contribution in [0.5, 0.6) is 5.75 Å². The summed E-state index contributed by atoms with van der Waals surface area (Å²) in [5, 5.41) is 8.11. The first-order chi connectivity index (χ1) is 13.1.